The molecular weight excluding hydrogens is 380 g/mol. The van der Waals surface area contributed by atoms with E-state index in [1.54, 1.807) is 0 Å². The standard InChI is InChI=1S/C25H19ClN2O/c26-22-10-4-3-9-20(22)16-28-24-12-6-5-11-23(24)27-25(28)17-29-21-14-13-18-7-1-2-8-19(18)15-21/h1-15H,16-17H2. The van der Waals surface area contributed by atoms with E-state index in [0.29, 0.717) is 13.2 Å². The molecule has 1 heterocycles. The van der Waals surface area contributed by atoms with Gasteiger partial charge in [0.15, 0.2) is 0 Å². The lowest BCUT2D eigenvalue weighted by molar-refractivity contribution is 0.291. The van der Waals surface area contributed by atoms with Crippen molar-refractivity contribution in [2.24, 2.45) is 0 Å². The van der Waals surface area contributed by atoms with Crippen molar-refractivity contribution in [2.45, 2.75) is 13.2 Å². The smallest absolute Gasteiger partial charge is 0.148 e. The van der Waals surface area contributed by atoms with Gasteiger partial charge in [-0.05, 0) is 46.7 Å². The predicted molar refractivity (Wildman–Crippen MR) is 119 cm³/mol. The topological polar surface area (TPSA) is 27.1 Å². The van der Waals surface area contributed by atoms with Gasteiger partial charge in [0.05, 0.1) is 17.6 Å². The SMILES string of the molecule is Clc1ccccc1Cn1c(COc2ccc3ccccc3c2)nc2ccccc21. The highest BCUT2D eigenvalue weighted by Crippen LogP contribution is 2.24. The molecule has 0 aliphatic rings. The van der Waals surface area contributed by atoms with Crippen LogP contribution in [-0.2, 0) is 13.2 Å². The Labute approximate surface area is 174 Å². The van der Waals surface area contributed by atoms with E-state index < -0.39 is 0 Å². The molecule has 0 bridgehead atoms. The summed E-state index contributed by atoms with van der Waals surface area (Å²) in [6.45, 7) is 1.04. The van der Waals surface area contributed by atoms with Crippen molar-refractivity contribution in [3.63, 3.8) is 0 Å². The highest BCUT2D eigenvalue weighted by atomic mass is 35.5. The number of benzene rings is 4. The quantitative estimate of drug-likeness (QED) is 0.339. The number of imidazole rings is 1. The molecule has 0 amide bonds. The first-order valence-corrected chi connectivity index (χ1v) is 9.95. The van der Waals surface area contributed by atoms with E-state index in [1.807, 2.05) is 60.7 Å². The first-order valence-electron chi connectivity index (χ1n) is 9.57. The summed E-state index contributed by atoms with van der Waals surface area (Å²) in [7, 11) is 0. The Morgan fingerprint density at radius 1 is 0.793 bits per heavy atom. The van der Waals surface area contributed by atoms with Crippen LogP contribution in [0, 0.1) is 0 Å². The van der Waals surface area contributed by atoms with Gasteiger partial charge < -0.3 is 9.30 Å². The minimum atomic E-state index is 0.386. The molecule has 0 radical (unpaired) electrons. The number of nitrogens with zero attached hydrogens (tertiary/aromatic N) is 2. The average molecular weight is 399 g/mol. The monoisotopic (exact) mass is 398 g/mol. The lowest BCUT2D eigenvalue weighted by Gasteiger charge is -2.12. The first-order chi connectivity index (χ1) is 14.3. The molecule has 4 aromatic carbocycles. The molecule has 29 heavy (non-hydrogen) atoms. The Morgan fingerprint density at radius 2 is 1.55 bits per heavy atom. The van der Waals surface area contributed by atoms with Gasteiger partial charge in [0, 0.05) is 5.02 Å². The molecule has 4 heteroatoms. The maximum Gasteiger partial charge on any atom is 0.148 e. The fourth-order valence-corrected chi connectivity index (χ4v) is 3.81. The van der Waals surface area contributed by atoms with Crippen LogP contribution in [0.5, 0.6) is 5.75 Å². The molecular formula is C25H19ClN2O. The van der Waals surface area contributed by atoms with Crippen molar-refractivity contribution >= 4 is 33.4 Å². The van der Waals surface area contributed by atoms with E-state index >= 15 is 0 Å². The second-order valence-corrected chi connectivity index (χ2v) is 7.40. The summed E-state index contributed by atoms with van der Waals surface area (Å²) in [4.78, 5) is 4.81. The largest absolute Gasteiger partial charge is 0.486 e. The van der Waals surface area contributed by atoms with Gasteiger partial charge in [-0.15, -0.1) is 0 Å². The number of ether oxygens (including phenoxy) is 1. The van der Waals surface area contributed by atoms with E-state index in [1.165, 1.54) is 5.39 Å². The molecule has 3 nitrogen and oxygen atoms in total. The summed E-state index contributed by atoms with van der Waals surface area (Å²) in [5.74, 6) is 1.71. The second kappa shape index (κ2) is 7.61. The second-order valence-electron chi connectivity index (χ2n) is 6.99. The van der Waals surface area contributed by atoms with Crippen LogP contribution in [0.25, 0.3) is 21.8 Å². The molecule has 0 atom stereocenters. The van der Waals surface area contributed by atoms with Gasteiger partial charge in [-0.1, -0.05) is 72.3 Å². The molecule has 0 N–H and O–H groups in total. The van der Waals surface area contributed by atoms with Crippen LogP contribution in [0.2, 0.25) is 5.02 Å². The Morgan fingerprint density at radius 3 is 2.45 bits per heavy atom. The molecule has 1 aromatic heterocycles. The third-order valence-electron chi connectivity index (χ3n) is 5.11. The van der Waals surface area contributed by atoms with E-state index in [-0.39, 0.29) is 0 Å². The molecule has 5 rings (SSSR count). The van der Waals surface area contributed by atoms with Crippen molar-refractivity contribution < 1.29 is 4.74 Å². The molecule has 0 unspecified atom stereocenters. The van der Waals surface area contributed by atoms with Crippen molar-refractivity contribution in [2.75, 3.05) is 0 Å². The summed E-state index contributed by atoms with van der Waals surface area (Å²) in [5, 5.41) is 3.12. The Balaban J connectivity index is 1.48. The van der Waals surface area contributed by atoms with Crippen LogP contribution in [0.1, 0.15) is 11.4 Å². The van der Waals surface area contributed by atoms with Crippen LogP contribution in [0.4, 0.5) is 0 Å². The van der Waals surface area contributed by atoms with Gasteiger partial charge in [-0.2, -0.15) is 0 Å². The van der Waals surface area contributed by atoms with Crippen LogP contribution in [0.15, 0.2) is 91.0 Å². The Bertz CT molecular complexity index is 1310. The minimum absolute atomic E-state index is 0.386. The summed E-state index contributed by atoms with van der Waals surface area (Å²) >= 11 is 6.41. The first kappa shape index (κ1) is 17.8. The molecule has 0 aliphatic heterocycles. The zero-order chi connectivity index (χ0) is 19.6. The predicted octanol–water partition coefficient (Wildman–Crippen LogP) is 6.47. The summed E-state index contributed by atoms with van der Waals surface area (Å²) in [6.07, 6.45) is 0. The van der Waals surface area contributed by atoms with Gasteiger partial charge in [0.2, 0.25) is 0 Å². The minimum Gasteiger partial charge on any atom is -0.486 e. The highest BCUT2D eigenvalue weighted by molar-refractivity contribution is 6.31. The van der Waals surface area contributed by atoms with Crippen molar-refractivity contribution in [1.29, 1.82) is 0 Å². The fourth-order valence-electron chi connectivity index (χ4n) is 3.61. The fraction of sp³-hybridized carbons (Fsp3) is 0.0800. The zero-order valence-corrected chi connectivity index (χ0v) is 16.5. The molecule has 0 aliphatic carbocycles. The van der Waals surface area contributed by atoms with Crippen LogP contribution in [-0.4, -0.2) is 9.55 Å². The normalized spacial score (nSPS) is 11.2. The molecule has 142 valence electrons. The van der Waals surface area contributed by atoms with Crippen molar-refractivity contribution in [1.82, 2.24) is 9.55 Å². The van der Waals surface area contributed by atoms with E-state index in [4.69, 9.17) is 21.3 Å². The number of fused-ring (bicyclic) bond motifs is 2. The third-order valence-corrected chi connectivity index (χ3v) is 5.48. The van der Waals surface area contributed by atoms with Crippen molar-refractivity contribution in [3.05, 3.63) is 107 Å². The number of para-hydroxylation sites is 2. The maximum absolute atomic E-state index is 6.41. The lowest BCUT2D eigenvalue weighted by atomic mass is 10.1. The molecule has 0 fully saturated rings. The molecule has 0 saturated heterocycles. The van der Waals surface area contributed by atoms with E-state index in [0.717, 1.165) is 38.6 Å². The highest BCUT2D eigenvalue weighted by Gasteiger charge is 2.13. The Hall–Kier alpha value is -3.30. The number of hydrogen-bond acceptors (Lipinski definition) is 2. The van der Waals surface area contributed by atoms with Gasteiger partial charge in [0.1, 0.15) is 18.2 Å². The number of halogens is 1. The zero-order valence-electron chi connectivity index (χ0n) is 15.8. The molecule has 0 spiro atoms. The van der Waals surface area contributed by atoms with E-state index in [2.05, 4.69) is 34.9 Å². The summed E-state index contributed by atoms with van der Waals surface area (Å²) < 4.78 is 8.30. The number of aromatic nitrogens is 2. The van der Waals surface area contributed by atoms with Gasteiger partial charge in [-0.25, -0.2) is 4.98 Å². The van der Waals surface area contributed by atoms with E-state index in [9.17, 15) is 0 Å². The molecule has 5 aromatic rings. The van der Waals surface area contributed by atoms with Gasteiger partial charge >= 0.3 is 0 Å². The summed E-state index contributed by atoms with van der Waals surface area (Å²) in [6, 6.07) is 30.5. The number of rotatable bonds is 5. The third kappa shape index (κ3) is 3.57. The number of hydrogen-bond donors (Lipinski definition) is 0. The van der Waals surface area contributed by atoms with Crippen molar-refractivity contribution in [3.8, 4) is 5.75 Å². The average Bonchev–Trinajstić information content (AvgIpc) is 3.11. The van der Waals surface area contributed by atoms with Gasteiger partial charge in [-0.3, -0.25) is 0 Å². The lowest BCUT2D eigenvalue weighted by Crippen LogP contribution is -2.08. The maximum atomic E-state index is 6.41. The van der Waals surface area contributed by atoms with Gasteiger partial charge in [0.25, 0.3) is 0 Å². The Kier molecular flexibility index (Phi) is 4.66. The summed E-state index contributed by atoms with van der Waals surface area (Å²) in [5.41, 5.74) is 3.09. The molecule has 0 saturated carbocycles. The van der Waals surface area contributed by atoms with Crippen LogP contribution < -0.4 is 4.74 Å². The van der Waals surface area contributed by atoms with Crippen LogP contribution >= 0.6 is 11.6 Å². The van der Waals surface area contributed by atoms with Crippen LogP contribution in [0.3, 0.4) is 0 Å².